The smallest absolute Gasteiger partial charge is 0.408 e. The summed E-state index contributed by atoms with van der Waals surface area (Å²) in [6, 6.07) is 7.13. The lowest BCUT2D eigenvalue weighted by molar-refractivity contribution is -0.119. The number of amides is 2. The van der Waals surface area contributed by atoms with Crippen LogP contribution in [0.25, 0.3) is 10.2 Å². The van der Waals surface area contributed by atoms with Crippen molar-refractivity contribution in [2.45, 2.75) is 64.5 Å². The van der Waals surface area contributed by atoms with Gasteiger partial charge in [-0.15, -0.1) is 0 Å². The van der Waals surface area contributed by atoms with Crippen molar-refractivity contribution in [1.29, 1.82) is 0 Å². The third-order valence-electron chi connectivity index (χ3n) is 4.60. The summed E-state index contributed by atoms with van der Waals surface area (Å²) < 4.78 is 6.38. The predicted octanol–water partition coefficient (Wildman–Crippen LogP) is 4.71. The maximum atomic E-state index is 13.0. The van der Waals surface area contributed by atoms with Crippen molar-refractivity contribution < 1.29 is 14.3 Å². The molecule has 1 unspecified atom stereocenters. The highest BCUT2D eigenvalue weighted by Crippen LogP contribution is 2.29. The standard InChI is InChI=1S/C20H27N3O3S/c1-20(2,3)26-19(25)22-16(13-9-5-4-6-10-13)17(24)23-18-21-14-11-7-8-12-15(14)27-18/h7-8,11-13,16H,4-6,9-10H2,1-3H3,(H,22,25)(H,21,23,24). The molecule has 2 aromatic rings. The van der Waals surface area contributed by atoms with Gasteiger partial charge in [-0.2, -0.15) is 0 Å². The molecule has 6 nitrogen and oxygen atoms in total. The van der Waals surface area contributed by atoms with Crippen molar-refractivity contribution in [3.8, 4) is 0 Å². The first-order valence-electron chi connectivity index (χ1n) is 9.48. The number of fused-ring (bicyclic) bond motifs is 1. The summed E-state index contributed by atoms with van der Waals surface area (Å²) in [5, 5.41) is 6.24. The van der Waals surface area contributed by atoms with Gasteiger partial charge in [0, 0.05) is 0 Å². The summed E-state index contributed by atoms with van der Waals surface area (Å²) in [6.45, 7) is 5.43. The molecule has 0 bridgehead atoms. The number of carbonyl (C=O) groups is 2. The molecular weight excluding hydrogens is 362 g/mol. The van der Waals surface area contributed by atoms with Gasteiger partial charge >= 0.3 is 6.09 Å². The minimum absolute atomic E-state index is 0.112. The number of hydrogen-bond donors (Lipinski definition) is 2. The van der Waals surface area contributed by atoms with Crippen LogP contribution < -0.4 is 10.6 Å². The summed E-state index contributed by atoms with van der Waals surface area (Å²) >= 11 is 1.43. The van der Waals surface area contributed by atoms with Crippen LogP contribution >= 0.6 is 11.3 Å². The van der Waals surface area contributed by atoms with Gasteiger partial charge in [0.2, 0.25) is 5.91 Å². The Balaban J connectivity index is 1.73. The van der Waals surface area contributed by atoms with Crippen LogP contribution in [0.5, 0.6) is 0 Å². The van der Waals surface area contributed by atoms with E-state index >= 15 is 0 Å². The molecule has 0 spiro atoms. The first kappa shape index (κ1) is 19.6. The van der Waals surface area contributed by atoms with E-state index in [9.17, 15) is 9.59 Å². The number of ether oxygens (including phenoxy) is 1. The zero-order chi connectivity index (χ0) is 19.4. The van der Waals surface area contributed by atoms with Crippen LogP contribution in [0, 0.1) is 5.92 Å². The Morgan fingerprint density at radius 2 is 1.89 bits per heavy atom. The third-order valence-corrected chi connectivity index (χ3v) is 5.55. The second-order valence-corrected chi connectivity index (χ2v) is 9.03. The van der Waals surface area contributed by atoms with Crippen LogP contribution in [-0.4, -0.2) is 28.6 Å². The van der Waals surface area contributed by atoms with E-state index in [0.29, 0.717) is 5.13 Å². The van der Waals surface area contributed by atoms with Crippen molar-refractivity contribution in [3.05, 3.63) is 24.3 Å². The molecule has 1 heterocycles. The SMILES string of the molecule is CC(C)(C)OC(=O)NC(C(=O)Nc1nc2ccccc2s1)C1CCCCC1. The minimum atomic E-state index is -0.618. The van der Waals surface area contributed by atoms with E-state index in [4.69, 9.17) is 4.74 Å². The molecule has 1 aliphatic rings. The maximum Gasteiger partial charge on any atom is 0.408 e. The van der Waals surface area contributed by atoms with E-state index in [2.05, 4.69) is 15.6 Å². The molecule has 146 valence electrons. The van der Waals surface area contributed by atoms with E-state index < -0.39 is 17.7 Å². The third kappa shape index (κ3) is 5.42. The first-order valence-corrected chi connectivity index (χ1v) is 10.3. The van der Waals surface area contributed by atoms with Crippen molar-refractivity contribution in [3.63, 3.8) is 0 Å². The van der Waals surface area contributed by atoms with E-state index in [-0.39, 0.29) is 11.8 Å². The minimum Gasteiger partial charge on any atom is -0.444 e. The summed E-state index contributed by atoms with van der Waals surface area (Å²) in [6.07, 6.45) is 4.62. The van der Waals surface area contributed by atoms with Crippen molar-refractivity contribution in [2.24, 2.45) is 5.92 Å². The average molecular weight is 390 g/mol. The number of nitrogens with zero attached hydrogens (tertiary/aromatic N) is 1. The molecule has 1 fully saturated rings. The number of carbonyl (C=O) groups excluding carboxylic acids is 2. The first-order chi connectivity index (χ1) is 12.8. The summed E-state index contributed by atoms with van der Waals surface area (Å²) in [5.74, 6) is -0.118. The van der Waals surface area contributed by atoms with Gasteiger partial charge in [0.1, 0.15) is 11.6 Å². The maximum absolute atomic E-state index is 13.0. The number of benzene rings is 1. The Morgan fingerprint density at radius 3 is 2.56 bits per heavy atom. The van der Waals surface area contributed by atoms with Gasteiger partial charge in [0.15, 0.2) is 5.13 Å². The highest BCUT2D eigenvalue weighted by atomic mass is 32.1. The zero-order valence-corrected chi connectivity index (χ0v) is 16.9. The predicted molar refractivity (Wildman–Crippen MR) is 108 cm³/mol. The molecule has 1 aromatic heterocycles. The highest BCUT2D eigenvalue weighted by molar-refractivity contribution is 7.22. The van der Waals surface area contributed by atoms with Gasteiger partial charge in [-0.25, -0.2) is 9.78 Å². The average Bonchev–Trinajstić information content (AvgIpc) is 3.01. The van der Waals surface area contributed by atoms with Crippen molar-refractivity contribution >= 4 is 38.7 Å². The van der Waals surface area contributed by atoms with E-state index in [0.717, 1.165) is 35.9 Å². The van der Waals surface area contributed by atoms with Gasteiger partial charge in [0.25, 0.3) is 0 Å². The van der Waals surface area contributed by atoms with E-state index in [1.165, 1.54) is 17.8 Å². The molecule has 0 saturated heterocycles. The molecule has 1 atom stereocenters. The summed E-state index contributed by atoms with van der Waals surface area (Å²) in [7, 11) is 0. The fourth-order valence-corrected chi connectivity index (χ4v) is 4.28. The molecule has 1 aliphatic carbocycles. The second-order valence-electron chi connectivity index (χ2n) is 8.00. The molecule has 1 aromatic carbocycles. The molecular formula is C20H27N3O3S. The van der Waals surface area contributed by atoms with Gasteiger partial charge < -0.3 is 15.4 Å². The van der Waals surface area contributed by atoms with Gasteiger partial charge in [-0.05, 0) is 51.7 Å². The quantitative estimate of drug-likeness (QED) is 0.794. The normalized spacial score (nSPS) is 16.7. The van der Waals surface area contributed by atoms with Gasteiger partial charge in [-0.1, -0.05) is 42.7 Å². The van der Waals surface area contributed by atoms with Gasteiger partial charge in [0.05, 0.1) is 10.2 Å². The van der Waals surface area contributed by atoms with Gasteiger partial charge in [-0.3, -0.25) is 4.79 Å². The second kappa shape index (κ2) is 8.25. The van der Waals surface area contributed by atoms with Crippen LogP contribution in [-0.2, 0) is 9.53 Å². The van der Waals surface area contributed by atoms with Crippen LogP contribution in [0.3, 0.4) is 0 Å². The number of rotatable bonds is 4. The molecule has 3 rings (SSSR count). The summed E-state index contributed by atoms with van der Waals surface area (Å²) in [4.78, 5) is 29.7. The Labute approximate surface area is 163 Å². The van der Waals surface area contributed by atoms with Crippen molar-refractivity contribution in [1.82, 2.24) is 10.3 Å². The lowest BCUT2D eigenvalue weighted by Crippen LogP contribution is -2.50. The lowest BCUT2D eigenvalue weighted by atomic mass is 9.83. The number of alkyl carbamates (subject to hydrolysis) is 1. The molecule has 27 heavy (non-hydrogen) atoms. The molecule has 7 heteroatoms. The highest BCUT2D eigenvalue weighted by Gasteiger charge is 2.32. The van der Waals surface area contributed by atoms with E-state index in [1.54, 1.807) is 0 Å². The molecule has 2 amide bonds. The Bertz CT molecular complexity index is 773. The van der Waals surface area contributed by atoms with Crippen molar-refractivity contribution in [2.75, 3.05) is 5.32 Å². The largest absolute Gasteiger partial charge is 0.444 e. The monoisotopic (exact) mass is 389 g/mol. The Morgan fingerprint density at radius 1 is 1.19 bits per heavy atom. The zero-order valence-electron chi connectivity index (χ0n) is 16.1. The number of anilines is 1. The molecule has 0 radical (unpaired) electrons. The van der Waals surface area contributed by atoms with E-state index in [1.807, 2.05) is 45.0 Å². The molecule has 1 saturated carbocycles. The van der Waals surface area contributed by atoms with Crippen LogP contribution in [0.4, 0.5) is 9.93 Å². The number of nitrogens with one attached hydrogen (secondary N) is 2. The number of hydrogen-bond acceptors (Lipinski definition) is 5. The van der Waals surface area contributed by atoms with Crippen LogP contribution in [0.15, 0.2) is 24.3 Å². The Hall–Kier alpha value is -2.15. The topological polar surface area (TPSA) is 80.3 Å². The number of aromatic nitrogens is 1. The van der Waals surface area contributed by atoms with Crippen LogP contribution in [0.1, 0.15) is 52.9 Å². The fraction of sp³-hybridized carbons (Fsp3) is 0.550. The lowest BCUT2D eigenvalue weighted by Gasteiger charge is -2.30. The molecule has 2 N–H and O–H groups in total. The molecule has 0 aliphatic heterocycles. The Kier molecular flexibility index (Phi) is 5.99. The number of para-hydroxylation sites is 1. The summed E-state index contributed by atoms with van der Waals surface area (Å²) in [5.41, 5.74) is 0.247. The number of thiazole rings is 1. The fourth-order valence-electron chi connectivity index (χ4n) is 3.41. The van der Waals surface area contributed by atoms with Crippen LogP contribution in [0.2, 0.25) is 0 Å².